The van der Waals surface area contributed by atoms with Crippen molar-refractivity contribution in [3.05, 3.63) is 69.4 Å². The summed E-state index contributed by atoms with van der Waals surface area (Å²) in [4.78, 5) is 0. The lowest BCUT2D eigenvalue weighted by Crippen LogP contribution is -2.18. The molecule has 0 radical (unpaired) electrons. The predicted octanol–water partition coefficient (Wildman–Crippen LogP) is 4.69. The maximum absolute atomic E-state index is 13.3. The van der Waals surface area contributed by atoms with Crippen LogP contribution in [0.25, 0.3) is 0 Å². The zero-order valence-corrected chi connectivity index (χ0v) is 11.9. The number of benzene rings is 2. The van der Waals surface area contributed by atoms with Crippen LogP contribution in [0.2, 0.25) is 0 Å². The molecule has 0 aromatic heterocycles. The maximum atomic E-state index is 13.3. The van der Waals surface area contributed by atoms with Gasteiger partial charge in [0.05, 0.1) is 4.47 Å². The van der Waals surface area contributed by atoms with Gasteiger partial charge in [-0.05, 0) is 51.2 Å². The van der Waals surface area contributed by atoms with Crippen LogP contribution in [0.15, 0.2) is 46.9 Å². The molecule has 1 atom stereocenters. The van der Waals surface area contributed by atoms with Crippen LogP contribution in [0.5, 0.6) is 0 Å². The normalized spacial score (nSPS) is 18.2. The summed E-state index contributed by atoms with van der Waals surface area (Å²) >= 11 is 3.24. The SMILES string of the molecule is N=C1Cc2ccccc2C(c2ccc(F)c(Br)c2)C1. The second-order valence-corrected chi connectivity index (χ2v) is 5.76. The van der Waals surface area contributed by atoms with Crippen LogP contribution < -0.4 is 0 Å². The molecular weight excluding hydrogens is 305 g/mol. The number of nitrogens with one attached hydrogen (secondary N) is 1. The monoisotopic (exact) mass is 317 g/mol. The van der Waals surface area contributed by atoms with Gasteiger partial charge < -0.3 is 5.41 Å². The van der Waals surface area contributed by atoms with Crippen LogP contribution in [0, 0.1) is 11.2 Å². The standard InChI is InChI=1S/C16H13BrFN/c17-15-8-11(5-6-16(15)18)14-9-12(19)7-10-3-1-2-4-13(10)14/h1-6,8,14,19H,7,9H2. The van der Waals surface area contributed by atoms with Gasteiger partial charge in [0.2, 0.25) is 0 Å². The predicted molar refractivity (Wildman–Crippen MR) is 78.4 cm³/mol. The van der Waals surface area contributed by atoms with Crippen molar-refractivity contribution in [1.29, 1.82) is 5.41 Å². The summed E-state index contributed by atoms with van der Waals surface area (Å²) in [7, 11) is 0. The van der Waals surface area contributed by atoms with Gasteiger partial charge in [0.15, 0.2) is 0 Å². The molecule has 19 heavy (non-hydrogen) atoms. The first-order valence-electron chi connectivity index (χ1n) is 6.24. The lowest BCUT2D eigenvalue weighted by molar-refractivity contribution is 0.619. The lowest BCUT2D eigenvalue weighted by Gasteiger charge is -2.26. The van der Waals surface area contributed by atoms with E-state index in [1.807, 2.05) is 24.3 Å². The molecule has 96 valence electrons. The summed E-state index contributed by atoms with van der Waals surface area (Å²) in [5, 5.41) is 8.01. The molecule has 2 aromatic rings. The zero-order valence-electron chi connectivity index (χ0n) is 10.3. The van der Waals surface area contributed by atoms with Crippen LogP contribution in [0.3, 0.4) is 0 Å². The molecule has 3 heteroatoms. The Morgan fingerprint density at radius 1 is 1.16 bits per heavy atom. The minimum Gasteiger partial charge on any atom is -0.309 e. The second kappa shape index (κ2) is 4.89. The fourth-order valence-corrected chi connectivity index (χ4v) is 3.12. The molecule has 0 heterocycles. The highest BCUT2D eigenvalue weighted by atomic mass is 79.9. The van der Waals surface area contributed by atoms with Crippen molar-refractivity contribution in [2.75, 3.05) is 0 Å². The summed E-state index contributed by atoms with van der Waals surface area (Å²) in [6.07, 6.45) is 1.45. The van der Waals surface area contributed by atoms with Crippen LogP contribution >= 0.6 is 15.9 Å². The van der Waals surface area contributed by atoms with Crippen LogP contribution in [-0.4, -0.2) is 5.71 Å². The largest absolute Gasteiger partial charge is 0.309 e. The van der Waals surface area contributed by atoms with E-state index in [0.717, 1.165) is 24.1 Å². The molecule has 0 saturated heterocycles. The van der Waals surface area contributed by atoms with Gasteiger partial charge in [-0.3, -0.25) is 0 Å². The number of fused-ring (bicyclic) bond motifs is 1. The van der Waals surface area contributed by atoms with E-state index < -0.39 is 0 Å². The molecule has 0 bridgehead atoms. The van der Waals surface area contributed by atoms with Crippen LogP contribution in [-0.2, 0) is 6.42 Å². The summed E-state index contributed by atoms with van der Waals surface area (Å²) in [6, 6.07) is 13.4. The van der Waals surface area contributed by atoms with E-state index in [2.05, 4.69) is 28.1 Å². The van der Waals surface area contributed by atoms with Gasteiger partial charge in [-0.15, -0.1) is 0 Å². The summed E-state index contributed by atoms with van der Waals surface area (Å²) in [6.45, 7) is 0. The minimum atomic E-state index is -0.247. The molecule has 0 spiro atoms. The molecule has 1 unspecified atom stereocenters. The molecule has 0 saturated carbocycles. The third kappa shape index (κ3) is 2.35. The van der Waals surface area contributed by atoms with E-state index in [1.165, 1.54) is 17.2 Å². The zero-order chi connectivity index (χ0) is 13.4. The molecule has 1 aliphatic rings. The Labute approximate surface area is 120 Å². The summed E-state index contributed by atoms with van der Waals surface area (Å²) in [5.41, 5.74) is 4.27. The van der Waals surface area contributed by atoms with Crippen molar-refractivity contribution in [2.45, 2.75) is 18.8 Å². The lowest BCUT2D eigenvalue weighted by atomic mass is 9.78. The fraction of sp³-hybridized carbons (Fsp3) is 0.188. The molecule has 1 nitrogen and oxygen atoms in total. The molecule has 0 fully saturated rings. The van der Waals surface area contributed by atoms with Gasteiger partial charge in [0, 0.05) is 18.1 Å². The first-order chi connectivity index (χ1) is 9.15. The Morgan fingerprint density at radius 3 is 2.74 bits per heavy atom. The highest BCUT2D eigenvalue weighted by molar-refractivity contribution is 9.10. The van der Waals surface area contributed by atoms with E-state index >= 15 is 0 Å². The number of hydrogen-bond acceptors (Lipinski definition) is 1. The number of rotatable bonds is 1. The molecule has 3 rings (SSSR count). The Balaban J connectivity index is 2.09. The maximum Gasteiger partial charge on any atom is 0.137 e. The Hall–Kier alpha value is -1.48. The molecule has 1 N–H and O–H groups in total. The van der Waals surface area contributed by atoms with E-state index in [-0.39, 0.29) is 11.7 Å². The first kappa shape index (κ1) is 12.5. The van der Waals surface area contributed by atoms with Gasteiger partial charge in [-0.25, -0.2) is 4.39 Å². The van der Waals surface area contributed by atoms with E-state index in [0.29, 0.717) is 4.47 Å². The van der Waals surface area contributed by atoms with Crippen LogP contribution in [0.4, 0.5) is 4.39 Å². The van der Waals surface area contributed by atoms with Crippen LogP contribution in [0.1, 0.15) is 29.0 Å². The van der Waals surface area contributed by atoms with Gasteiger partial charge >= 0.3 is 0 Å². The van der Waals surface area contributed by atoms with Gasteiger partial charge in [0.25, 0.3) is 0 Å². The molecular formula is C16H13BrFN. The van der Waals surface area contributed by atoms with Gasteiger partial charge in [-0.1, -0.05) is 30.3 Å². The third-order valence-corrected chi connectivity index (χ3v) is 4.24. The van der Waals surface area contributed by atoms with Crippen molar-refractivity contribution in [3.8, 4) is 0 Å². The van der Waals surface area contributed by atoms with Crippen molar-refractivity contribution in [2.24, 2.45) is 0 Å². The number of halogens is 2. The Bertz CT molecular complexity index is 651. The Morgan fingerprint density at radius 2 is 1.95 bits per heavy atom. The first-order valence-corrected chi connectivity index (χ1v) is 7.03. The number of hydrogen-bond donors (Lipinski definition) is 1. The van der Waals surface area contributed by atoms with E-state index in [1.54, 1.807) is 0 Å². The quantitative estimate of drug-likeness (QED) is 0.789. The highest BCUT2D eigenvalue weighted by Gasteiger charge is 2.24. The highest BCUT2D eigenvalue weighted by Crippen LogP contribution is 2.36. The molecule has 1 aliphatic carbocycles. The molecule has 0 aliphatic heterocycles. The second-order valence-electron chi connectivity index (χ2n) is 4.91. The van der Waals surface area contributed by atoms with Gasteiger partial charge in [0.1, 0.15) is 5.82 Å². The topological polar surface area (TPSA) is 23.9 Å². The van der Waals surface area contributed by atoms with Gasteiger partial charge in [-0.2, -0.15) is 0 Å². The average molecular weight is 318 g/mol. The minimum absolute atomic E-state index is 0.161. The molecule has 2 aromatic carbocycles. The molecule has 0 amide bonds. The summed E-state index contributed by atoms with van der Waals surface area (Å²) < 4.78 is 13.8. The average Bonchev–Trinajstić information content (AvgIpc) is 2.41. The van der Waals surface area contributed by atoms with Crippen molar-refractivity contribution in [3.63, 3.8) is 0 Å². The smallest absolute Gasteiger partial charge is 0.137 e. The van der Waals surface area contributed by atoms with Crippen molar-refractivity contribution >= 4 is 21.6 Å². The van der Waals surface area contributed by atoms with Crippen molar-refractivity contribution in [1.82, 2.24) is 0 Å². The Kier molecular flexibility index (Phi) is 3.23. The fourth-order valence-electron chi connectivity index (χ4n) is 2.72. The third-order valence-electron chi connectivity index (χ3n) is 3.63. The van der Waals surface area contributed by atoms with E-state index in [4.69, 9.17) is 5.41 Å². The summed E-state index contributed by atoms with van der Waals surface area (Å²) in [5.74, 6) is -0.0859. The van der Waals surface area contributed by atoms with E-state index in [9.17, 15) is 4.39 Å². The van der Waals surface area contributed by atoms with Crippen molar-refractivity contribution < 1.29 is 4.39 Å².